The number of fused-ring (bicyclic) bond motifs is 7. The predicted octanol–water partition coefficient (Wildman–Crippen LogP) is 7.15. The van der Waals surface area contributed by atoms with E-state index in [-0.39, 0.29) is 58.1 Å². The van der Waals surface area contributed by atoms with Gasteiger partial charge in [0, 0.05) is 0 Å². The molecule has 6 fully saturated rings. The third kappa shape index (κ3) is 4.20. The van der Waals surface area contributed by atoms with Gasteiger partial charge in [0.15, 0.2) is 0 Å². The van der Waals surface area contributed by atoms with Crippen LogP contribution in [0, 0.1) is 56.7 Å². The Bertz CT molecular complexity index is 1350. The lowest BCUT2D eigenvalue weighted by molar-refractivity contribution is -0.250. The minimum Gasteiger partial charge on any atom is -0.497 e. The average molecular weight is 623 g/mol. The second kappa shape index (κ2) is 10.2. The van der Waals surface area contributed by atoms with Crippen LogP contribution < -0.4 is 4.74 Å². The molecule has 5 saturated carbocycles. The van der Waals surface area contributed by atoms with Crippen molar-refractivity contribution in [1.29, 1.82) is 0 Å². The molecule has 5 aliphatic carbocycles. The fourth-order valence-corrected chi connectivity index (χ4v) is 13.0. The van der Waals surface area contributed by atoms with E-state index in [9.17, 15) is 19.8 Å². The smallest absolute Gasteiger partial charge is 0.338 e. The fraction of sp³-hybridized carbons (Fsp3) is 0.789. The van der Waals surface area contributed by atoms with Crippen molar-refractivity contribution in [3.05, 3.63) is 29.8 Å². The molecule has 1 aliphatic heterocycles. The molecule has 1 aromatic carbocycles. The average Bonchev–Trinajstić information content (AvgIpc) is 3.69. The number of carbonyl (C=O) groups is 2. The molecule has 1 aromatic rings. The predicted molar refractivity (Wildman–Crippen MR) is 170 cm³/mol. The summed E-state index contributed by atoms with van der Waals surface area (Å²) in [5.74, 6) is 1.05. The summed E-state index contributed by atoms with van der Waals surface area (Å²) < 4.78 is 17.4. The van der Waals surface area contributed by atoms with Gasteiger partial charge in [-0.15, -0.1) is 0 Å². The molecule has 7 rings (SSSR count). The van der Waals surface area contributed by atoms with Crippen LogP contribution in [0.4, 0.5) is 0 Å². The molecular formula is C38H54O7. The number of carboxylic acids is 1. The van der Waals surface area contributed by atoms with E-state index in [4.69, 9.17) is 14.2 Å². The first-order chi connectivity index (χ1) is 21.2. The summed E-state index contributed by atoms with van der Waals surface area (Å²) in [4.78, 5) is 26.3. The van der Waals surface area contributed by atoms with Gasteiger partial charge in [0.2, 0.25) is 0 Å². The fourth-order valence-electron chi connectivity index (χ4n) is 13.0. The van der Waals surface area contributed by atoms with Crippen LogP contribution in [-0.4, -0.2) is 54.2 Å². The molecule has 6 aliphatic rings. The molecule has 248 valence electrons. The Morgan fingerprint density at radius 1 is 0.844 bits per heavy atom. The zero-order valence-corrected chi connectivity index (χ0v) is 28.2. The summed E-state index contributed by atoms with van der Waals surface area (Å²) in [5.41, 5.74) is -0.662. The van der Waals surface area contributed by atoms with Crippen LogP contribution in [0.25, 0.3) is 0 Å². The number of carbonyl (C=O) groups excluding carboxylic acids is 1. The second-order valence-corrected chi connectivity index (χ2v) is 17.3. The van der Waals surface area contributed by atoms with Crippen LogP contribution in [0.1, 0.15) is 109 Å². The first kappa shape index (κ1) is 31.5. The number of carboxylic acid groups (broad SMARTS) is 1. The van der Waals surface area contributed by atoms with Crippen LogP contribution in [0.15, 0.2) is 24.3 Å². The molecule has 0 spiro atoms. The summed E-state index contributed by atoms with van der Waals surface area (Å²) in [6.45, 7) is 12.9. The Labute approximate surface area is 268 Å². The molecule has 5 unspecified atom stereocenters. The lowest BCUT2D eigenvalue weighted by atomic mass is 9.32. The van der Waals surface area contributed by atoms with Crippen molar-refractivity contribution in [3.8, 4) is 5.75 Å². The molecule has 0 bridgehead atoms. The van der Waals surface area contributed by atoms with Crippen LogP contribution >= 0.6 is 0 Å². The minimum atomic E-state index is -0.741. The molecule has 7 nitrogen and oxygen atoms in total. The van der Waals surface area contributed by atoms with Gasteiger partial charge in [-0.2, -0.15) is 0 Å². The van der Waals surface area contributed by atoms with Crippen molar-refractivity contribution in [2.45, 2.75) is 111 Å². The second-order valence-electron chi connectivity index (χ2n) is 17.3. The number of ether oxygens (including phenoxy) is 3. The number of epoxide rings is 1. The van der Waals surface area contributed by atoms with E-state index in [1.54, 1.807) is 31.4 Å². The third-order valence-corrected chi connectivity index (χ3v) is 15.8. The Morgan fingerprint density at radius 2 is 1.56 bits per heavy atom. The van der Waals surface area contributed by atoms with Crippen LogP contribution in [0.2, 0.25) is 0 Å². The van der Waals surface area contributed by atoms with Gasteiger partial charge in [-0.25, -0.2) is 4.79 Å². The zero-order chi connectivity index (χ0) is 32.2. The van der Waals surface area contributed by atoms with Crippen LogP contribution in [0.5, 0.6) is 5.75 Å². The van der Waals surface area contributed by atoms with E-state index in [1.165, 1.54) is 0 Å². The van der Waals surface area contributed by atoms with Crippen LogP contribution in [0.3, 0.4) is 0 Å². The lowest BCUT2D eigenvalue weighted by Gasteiger charge is -2.72. The van der Waals surface area contributed by atoms with Gasteiger partial charge in [-0.05, 0) is 140 Å². The Kier molecular flexibility index (Phi) is 7.13. The van der Waals surface area contributed by atoms with Gasteiger partial charge in [0.1, 0.15) is 18.0 Å². The third-order valence-electron chi connectivity index (χ3n) is 15.8. The molecule has 2 N–H and O–H groups in total. The Hall–Kier alpha value is -2.12. The molecule has 11 atom stereocenters. The van der Waals surface area contributed by atoms with E-state index in [1.807, 2.05) is 0 Å². The highest BCUT2D eigenvalue weighted by molar-refractivity contribution is 5.89. The number of benzene rings is 1. The number of hydrogen-bond donors (Lipinski definition) is 2. The maximum atomic E-state index is 13.3. The topological polar surface area (TPSA) is 106 Å². The van der Waals surface area contributed by atoms with E-state index in [0.717, 1.165) is 51.4 Å². The normalized spacial score (nSPS) is 47.8. The maximum Gasteiger partial charge on any atom is 0.338 e. The number of esters is 1. The van der Waals surface area contributed by atoms with E-state index in [2.05, 4.69) is 34.6 Å². The van der Waals surface area contributed by atoms with Gasteiger partial charge in [0.05, 0.1) is 30.8 Å². The Balaban J connectivity index is 1.18. The summed E-state index contributed by atoms with van der Waals surface area (Å²) in [7, 11) is 1.59. The number of aliphatic hydroxyl groups excluding tert-OH is 1. The van der Waals surface area contributed by atoms with E-state index in [0.29, 0.717) is 42.6 Å². The SMILES string of the molecule is COc1ccc(C(=O)OCC2([C@@H]3CC[C@]4(C(=O)O)CC[C@]5(C)C(CCC6[C@@]7(C)CC[C@@H](O)C(C)(C)C7CC[C@]65C)C34)CO2)cc1. The largest absolute Gasteiger partial charge is 0.497 e. The highest BCUT2D eigenvalue weighted by atomic mass is 16.6. The van der Waals surface area contributed by atoms with E-state index >= 15 is 0 Å². The number of aliphatic carboxylic acids is 1. The Morgan fingerprint density at radius 3 is 2.20 bits per heavy atom. The maximum absolute atomic E-state index is 13.3. The number of methoxy groups -OCH3 is 1. The molecule has 0 aromatic heterocycles. The molecule has 0 amide bonds. The summed E-state index contributed by atoms with van der Waals surface area (Å²) >= 11 is 0. The summed E-state index contributed by atoms with van der Waals surface area (Å²) in [6.07, 6.45) is 9.27. The zero-order valence-electron chi connectivity index (χ0n) is 28.2. The summed E-state index contributed by atoms with van der Waals surface area (Å²) in [6, 6.07) is 6.92. The van der Waals surface area contributed by atoms with Gasteiger partial charge in [0.25, 0.3) is 0 Å². The number of aliphatic hydroxyl groups is 1. The van der Waals surface area contributed by atoms with Crippen molar-refractivity contribution in [3.63, 3.8) is 0 Å². The molecule has 7 heteroatoms. The van der Waals surface area contributed by atoms with Crippen molar-refractivity contribution < 1.29 is 34.0 Å². The summed E-state index contributed by atoms with van der Waals surface area (Å²) in [5, 5.41) is 21.9. The number of hydrogen-bond acceptors (Lipinski definition) is 6. The molecule has 45 heavy (non-hydrogen) atoms. The standard InChI is InChI=1S/C38H54O7/c1-33(2)27-14-17-36(5)28(34(27,3)16-15-29(33)39)12-11-25-30-26(13-18-37(30,32(41)42)20-19-35(25,36)4)38(22-45-38)21-44-31(40)23-7-9-24(43-6)10-8-23/h7-10,25-30,39H,11-22H2,1-6H3,(H,41,42)/t25?,26-,27?,28?,29-,30?,34+,35-,36-,37+,38?/m1/s1. The monoisotopic (exact) mass is 622 g/mol. The van der Waals surface area contributed by atoms with Crippen molar-refractivity contribution >= 4 is 11.9 Å². The molecule has 1 heterocycles. The van der Waals surface area contributed by atoms with Crippen molar-refractivity contribution in [2.75, 3.05) is 20.3 Å². The molecular weight excluding hydrogens is 568 g/mol. The van der Waals surface area contributed by atoms with Gasteiger partial charge >= 0.3 is 11.9 Å². The number of rotatable bonds is 6. The van der Waals surface area contributed by atoms with Crippen molar-refractivity contribution in [2.24, 2.45) is 56.7 Å². The van der Waals surface area contributed by atoms with Crippen molar-refractivity contribution in [1.82, 2.24) is 0 Å². The van der Waals surface area contributed by atoms with E-state index < -0.39 is 17.0 Å². The van der Waals surface area contributed by atoms with Gasteiger partial charge in [-0.3, -0.25) is 4.79 Å². The minimum absolute atomic E-state index is 0.00358. The van der Waals surface area contributed by atoms with Gasteiger partial charge < -0.3 is 24.4 Å². The highest BCUT2D eigenvalue weighted by Crippen LogP contribution is 2.78. The lowest BCUT2D eigenvalue weighted by Crippen LogP contribution is -2.67. The van der Waals surface area contributed by atoms with Crippen LogP contribution in [-0.2, 0) is 14.3 Å². The first-order valence-electron chi connectivity index (χ1n) is 17.6. The quantitative estimate of drug-likeness (QED) is 0.256. The first-order valence-corrected chi connectivity index (χ1v) is 17.6. The van der Waals surface area contributed by atoms with Gasteiger partial charge in [-0.1, -0.05) is 34.6 Å². The molecule has 1 saturated heterocycles. The highest BCUT2D eigenvalue weighted by Gasteiger charge is 2.74. The molecule has 0 radical (unpaired) electrons.